The molecule has 1 saturated heterocycles. The predicted octanol–water partition coefficient (Wildman–Crippen LogP) is 2.44. The van der Waals surface area contributed by atoms with Crippen LogP contribution in [0.1, 0.15) is 38.3 Å². The number of rotatable bonds is 5. The number of carboxylic acids is 2. The summed E-state index contributed by atoms with van der Waals surface area (Å²) in [6.07, 6.45) is -0.119. The number of aryl methyl sites for hydroxylation is 1. The summed E-state index contributed by atoms with van der Waals surface area (Å²) in [4.78, 5) is 48.7. The number of nitrogens with zero attached hydrogens (tertiary/aromatic N) is 1. The lowest BCUT2D eigenvalue weighted by molar-refractivity contribution is -0.121. The molecule has 1 aliphatic rings. The average molecular weight is 382 g/mol. The molecule has 8 nitrogen and oxygen atoms in total. The van der Waals surface area contributed by atoms with Gasteiger partial charge in [0.1, 0.15) is 6.04 Å². The normalized spacial score (nSPS) is 16.4. The van der Waals surface area contributed by atoms with Gasteiger partial charge in [0, 0.05) is 5.69 Å². The van der Waals surface area contributed by atoms with E-state index in [4.69, 9.17) is 0 Å². The molecule has 3 N–H and O–H groups in total. The summed E-state index contributed by atoms with van der Waals surface area (Å²) in [5, 5.41) is 21.5. The van der Waals surface area contributed by atoms with E-state index in [0.717, 1.165) is 39.9 Å². The second-order valence-electron chi connectivity index (χ2n) is 6.59. The number of benzene rings is 2. The van der Waals surface area contributed by atoms with Gasteiger partial charge in [-0.3, -0.25) is 9.59 Å². The third-order valence-corrected chi connectivity index (χ3v) is 4.75. The molecule has 0 aliphatic carbocycles. The van der Waals surface area contributed by atoms with E-state index >= 15 is 0 Å². The number of hydrogen-bond donors (Lipinski definition) is 3. The zero-order chi connectivity index (χ0) is 20.6. The SMILES string of the molecule is Cc1cccc(NC2CC(=O)N(c3cc(C(=O)O)cc(C(=O)O)c3)C2=O)c1C. The lowest BCUT2D eigenvalue weighted by atomic mass is 10.1. The van der Waals surface area contributed by atoms with Crippen LogP contribution in [0.5, 0.6) is 0 Å². The fraction of sp³-hybridized carbons (Fsp3) is 0.200. The zero-order valence-corrected chi connectivity index (χ0v) is 15.2. The Morgan fingerprint density at radius 3 is 2.21 bits per heavy atom. The van der Waals surface area contributed by atoms with Gasteiger partial charge in [0.15, 0.2) is 0 Å². The maximum absolute atomic E-state index is 12.8. The van der Waals surface area contributed by atoms with Gasteiger partial charge in [-0.2, -0.15) is 0 Å². The predicted molar refractivity (Wildman–Crippen MR) is 101 cm³/mol. The van der Waals surface area contributed by atoms with Gasteiger partial charge in [0.25, 0.3) is 5.91 Å². The molecule has 0 aromatic heterocycles. The maximum atomic E-state index is 12.8. The summed E-state index contributed by atoms with van der Waals surface area (Å²) < 4.78 is 0. The highest BCUT2D eigenvalue weighted by Gasteiger charge is 2.40. The fourth-order valence-electron chi connectivity index (χ4n) is 3.10. The van der Waals surface area contributed by atoms with Crippen LogP contribution in [0.25, 0.3) is 0 Å². The molecule has 1 fully saturated rings. The van der Waals surface area contributed by atoms with E-state index in [1.165, 1.54) is 0 Å². The standard InChI is InChI=1S/C20H18N2O6/c1-10-4-3-5-15(11(10)2)21-16-9-17(23)22(18(16)24)14-7-12(19(25)26)6-13(8-14)20(27)28/h3-8,16,21H,9H2,1-2H3,(H,25,26)(H,27,28). The minimum absolute atomic E-state index is 0.0717. The van der Waals surface area contributed by atoms with Gasteiger partial charge in [0.05, 0.1) is 23.2 Å². The summed E-state index contributed by atoms with van der Waals surface area (Å²) >= 11 is 0. The highest BCUT2D eigenvalue weighted by molar-refractivity contribution is 6.23. The van der Waals surface area contributed by atoms with Crippen molar-refractivity contribution in [1.82, 2.24) is 0 Å². The monoisotopic (exact) mass is 382 g/mol. The number of aromatic carboxylic acids is 2. The number of carboxylic acid groups (broad SMARTS) is 2. The number of amides is 2. The third kappa shape index (κ3) is 3.44. The first-order valence-corrected chi connectivity index (χ1v) is 8.50. The first-order valence-electron chi connectivity index (χ1n) is 8.50. The zero-order valence-electron chi connectivity index (χ0n) is 15.2. The Balaban J connectivity index is 1.95. The van der Waals surface area contributed by atoms with E-state index in [2.05, 4.69) is 5.32 Å². The van der Waals surface area contributed by atoms with Gasteiger partial charge in [-0.05, 0) is 49.2 Å². The van der Waals surface area contributed by atoms with Gasteiger partial charge < -0.3 is 15.5 Å². The maximum Gasteiger partial charge on any atom is 0.335 e. The van der Waals surface area contributed by atoms with Crippen molar-refractivity contribution in [3.05, 3.63) is 58.7 Å². The Bertz CT molecular complexity index is 982. The molecule has 8 heteroatoms. The molecular formula is C20H18N2O6. The van der Waals surface area contributed by atoms with Crippen LogP contribution in [0.3, 0.4) is 0 Å². The van der Waals surface area contributed by atoms with Crippen molar-refractivity contribution in [2.24, 2.45) is 0 Å². The van der Waals surface area contributed by atoms with Gasteiger partial charge in [-0.15, -0.1) is 0 Å². The molecule has 2 amide bonds. The van der Waals surface area contributed by atoms with Crippen LogP contribution in [-0.4, -0.2) is 40.0 Å². The van der Waals surface area contributed by atoms with Crippen molar-refractivity contribution in [1.29, 1.82) is 0 Å². The molecule has 28 heavy (non-hydrogen) atoms. The number of carbonyl (C=O) groups is 4. The molecule has 1 atom stereocenters. The first-order chi connectivity index (χ1) is 13.2. The molecule has 0 spiro atoms. The van der Waals surface area contributed by atoms with Crippen LogP contribution in [0, 0.1) is 13.8 Å². The van der Waals surface area contributed by atoms with Crippen LogP contribution in [0.4, 0.5) is 11.4 Å². The quantitative estimate of drug-likeness (QED) is 0.679. The molecule has 3 rings (SSSR count). The smallest absolute Gasteiger partial charge is 0.335 e. The largest absolute Gasteiger partial charge is 0.478 e. The molecule has 1 aliphatic heterocycles. The Hall–Kier alpha value is -3.68. The second-order valence-corrected chi connectivity index (χ2v) is 6.59. The second kappa shape index (κ2) is 7.15. The van der Waals surface area contributed by atoms with Crippen molar-refractivity contribution in [3.8, 4) is 0 Å². The van der Waals surface area contributed by atoms with Crippen molar-refractivity contribution in [2.75, 3.05) is 10.2 Å². The Labute approximate surface area is 160 Å². The molecule has 2 aromatic carbocycles. The molecule has 144 valence electrons. The van der Waals surface area contributed by atoms with Crippen LogP contribution in [0.2, 0.25) is 0 Å². The molecule has 1 heterocycles. The van der Waals surface area contributed by atoms with Crippen LogP contribution in [0.15, 0.2) is 36.4 Å². The lowest BCUT2D eigenvalue weighted by Crippen LogP contribution is -2.35. The van der Waals surface area contributed by atoms with E-state index in [-0.39, 0.29) is 23.2 Å². The van der Waals surface area contributed by atoms with Gasteiger partial charge in [-0.1, -0.05) is 12.1 Å². The van der Waals surface area contributed by atoms with Crippen LogP contribution < -0.4 is 10.2 Å². The van der Waals surface area contributed by atoms with Crippen LogP contribution in [-0.2, 0) is 9.59 Å². The summed E-state index contributed by atoms with van der Waals surface area (Å²) in [7, 11) is 0. The Morgan fingerprint density at radius 2 is 1.64 bits per heavy atom. The van der Waals surface area contributed by atoms with E-state index in [1.54, 1.807) is 6.07 Å². The fourth-order valence-corrected chi connectivity index (χ4v) is 3.10. The van der Waals surface area contributed by atoms with Crippen LogP contribution >= 0.6 is 0 Å². The van der Waals surface area contributed by atoms with Gasteiger partial charge in [0.2, 0.25) is 5.91 Å². The van der Waals surface area contributed by atoms with Crippen molar-refractivity contribution in [2.45, 2.75) is 26.3 Å². The number of anilines is 2. The Morgan fingerprint density at radius 1 is 1.04 bits per heavy atom. The molecule has 1 unspecified atom stereocenters. The van der Waals surface area contributed by atoms with E-state index in [0.29, 0.717) is 0 Å². The Kier molecular flexibility index (Phi) is 4.87. The van der Waals surface area contributed by atoms with Gasteiger partial charge in [-0.25, -0.2) is 14.5 Å². The summed E-state index contributed by atoms with van der Waals surface area (Å²) in [6.45, 7) is 3.82. The number of hydrogen-bond acceptors (Lipinski definition) is 5. The molecule has 0 saturated carbocycles. The van der Waals surface area contributed by atoms with E-state index in [1.807, 2.05) is 26.0 Å². The third-order valence-electron chi connectivity index (χ3n) is 4.75. The molecule has 2 aromatic rings. The number of nitrogens with one attached hydrogen (secondary N) is 1. The minimum Gasteiger partial charge on any atom is -0.478 e. The minimum atomic E-state index is -1.35. The summed E-state index contributed by atoms with van der Waals surface area (Å²) in [5.74, 6) is -3.81. The van der Waals surface area contributed by atoms with Crippen molar-refractivity contribution < 1.29 is 29.4 Å². The number of imide groups is 1. The summed E-state index contributed by atoms with van der Waals surface area (Å²) in [5.41, 5.74) is 1.99. The summed E-state index contributed by atoms with van der Waals surface area (Å²) in [6, 6.07) is 7.95. The molecular weight excluding hydrogens is 364 g/mol. The topological polar surface area (TPSA) is 124 Å². The highest BCUT2D eigenvalue weighted by Crippen LogP contribution is 2.28. The van der Waals surface area contributed by atoms with E-state index in [9.17, 15) is 29.4 Å². The molecule has 0 radical (unpaired) electrons. The van der Waals surface area contributed by atoms with Crippen molar-refractivity contribution in [3.63, 3.8) is 0 Å². The van der Waals surface area contributed by atoms with Crippen molar-refractivity contribution >= 4 is 35.1 Å². The van der Waals surface area contributed by atoms with E-state index < -0.39 is 29.8 Å². The first kappa shape index (κ1) is 19.1. The average Bonchev–Trinajstić information content (AvgIpc) is 2.92. The molecule has 0 bridgehead atoms. The van der Waals surface area contributed by atoms with Gasteiger partial charge >= 0.3 is 11.9 Å². The number of carbonyl (C=O) groups excluding carboxylic acids is 2. The highest BCUT2D eigenvalue weighted by atomic mass is 16.4. The lowest BCUT2D eigenvalue weighted by Gasteiger charge is -2.18.